The molecule has 0 aliphatic heterocycles. The third kappa shape index (κ3) is 5.90. The van der Waals surface area contributed by atoms with Gasteiger partial charge in [-0.15, -0.1) is 11.6 Å². The molecular weight excluding hydrogens is 291 g/mol. The third-order valence-corrected chi connectivity index (χ3v) is 4.07. The minimum Gasteiger partial charge on any atom is -0.354 e. The second-order valence-corrected chi connectivity index (χ2v) is 6.69. The zero-order chi connectivity index (χ0) is 15.3. The van der Waals surface area contributed by atoms with Crippen LogP contribution in [-0.2, 0) is 4.79 Å². The standard InChI is InChI=1S/C14H23ClF3NO/c1-9(2)6-12(15)8-19-13(20)10-4-3-5-11(7-10)14(16,17)18/h9-12H,3-8H2,1-2H3,(H,19,20). The quantitative estimate of drug-likeness (QED) is 0.760. The molecule has 1 amide bonds. The number of rotatable bonds is 5. The molecule has 0 saturated heterocycles. The van der Waals surface area contributed by atoms with Crippen molar-refractivity contribution in [2.24, 2.45) is 17.8 Å². The molecule has 3 unspecified atom stereocenters. The van der Waals surface area contributed by atoms with E-state index in [9.17, 15) is 18.0 Å². The maximum absolute atomic E-state index is 12.7. The molecule has 0 radical (unpaired) electrons. The highest BCUT2D eigenvalue weighted by Crippen LogP contribution is 2.39. The van der Waals surface area contributed by atoms with E-state index in [-0.39, 0.29) is 24.1 Å². The maximum Gasteiger partial charge on any atom is 0.391 e. The number of hydrogen-bond donors (Lipinski definition) is 1. The molecule has 0 aromatic heterocycles. The smallest absolute Gasteiger partial charge is 0.354 e. The Kier molecular flexibility index (Phi) is 6.62. The molecule has 1 rings (SSSR count). The van der Waals surface area contributed by atoms with Crippen molar-refractivity contribution in [1.29, 1.82) is 0 Å². The Morgan fingerprint density at radius 3 is 2.55 bits per heavy atom. The Morgan fingerprint density at radius 2 is 2.00 bits per heavy atom. The van der Waals surface area contributed by atoms with Gasteiger partial charge in [-0.3, -0.25) is 4.79 Å². The predicted octanol–water partition coefficient (Wildman–Crippen LogP) is 4.12. The first-order valence-electron chi connectivity index (χ1n) is 7.18. The summed E-state index contributed by atoms with van der Waals surface area (Å²) in [6.45, 7) is 4.39. The van der Waals surface area contributed by atoms with Gasteiger partial charge in [0.1, 0.15) is 0 Å². The van der Waals surface area contributed by atoms with Crippen LogP contribution in [0.2, 0.25) is 0 Å². The fourth-order valence-corrected chi connectivity index (χ4v) is 3.11. The zero-order valence-corrected chi connectivity index (χ0v) is 12.7. The van der Waals surface area contributed by atoms with Gasteiger partial charge in [0.2, 0.25) is 5.91 Å². The van der Waals surface area contributed by atoms with Crippen LogP contribution in [0.25, 0.3) is 0 Å². The number of carbonyl (C=O) groups excluding carboxylic acids is 1. The molecule has 20 heavy (non-hydrogen) atoms. The van der Waals surface area contributed by atoms with E-state index in [0.29, 0.717) is 25.3 Å². The van der Waals surface area contributed by atoms with Crippen molar-refractivity contribution in [3.05, 3.63) is 0 Å². The van der Waals surface area contributed by atoms with Crippen molar-refractivity contribution in [2.45, 2.75) is 57.5 Å². The van der Waals surface area contributed by atoms with Crippen LogP contribution in [-0.4, -0.2) is 24.0 Å². The fraction of sp³-hybridized carbons (Fsp3) is 0.929. The van der Waals surface area contributed by atoms with Crippen molar-refractivity contribution in [1.82, 2.24) is 5.32 Å². The molecule has 1 aliphatic rings. The van der Waals surface area contributed by atoms with Crippen molar-refractivity contribution in [3.63, 3.8) is 0 Å². The first-order valence-corrected chi connectivity index (χ1v) is 7.62. The molecule has 1 fully saturated rings. The van der Waals surface area contributed by atoms with Crippen molar-refractivity contribution in [3.8, 4) is 0 Å². The molecule has 0 bridgehead atoms. The highest BCUT2D eigenvalue weighted by Gasteiger charge is 2.43. The Morgan fingerprint density at radius 1 is 1.35 bits per heavy atom. The average molecular weight is 314 g/mol. The number of hydrogen-bond acceptors (Lipinski definition) is 1. The van der Waals surface area contributed by atoms with E-state index in [1.54, 1.807) is 0 Å². The van der Waals surface area contributed by atoms with Crippen LogP contribution >= 0.6 is 11.6 Å². The van der Waals surface area contributed by atoms with Crippen LogP contribution < -0.4 is 5.32 Å². The summed E-state index contributed by atoms with van der Waals surface area (Å²) in [4.78, 5) is 11.9. The van der Waals surface area contributed by atoms with Crippen LogP contribution in [0.4, 0.5) is 13.2 Å². The topological polar surface area (TPSA) is 29.1 Å². The molecule has 1 N–H and O–H groups in total. The van der Waals surface area contributed by atoms with Crippen LogP contribution in [0.5, 0.6) is 0 Å². The molecule has 2 nitrogen and oxygen atoms in total. The van der Waals surface area contributed by atoms with E-state index in [4.69, 9.17) is 11.6 Å². The van der Waals surface area contributed by atoms with Gasteiger partial charge in [0, 0.05) is 12.5 Å². The van der Waals surface area contributed by atoms with Crippen molar-refractivity contribution in [2.75, 3.05) is 6.54 Å². The lowest BCUT2D eigenvalue weighted by molar-refractivity contribution is -0.186. The lowest BCUT2D eigenvalue weighted by Crippen LogP contribution is -2.39. The van der Waals surface area contributed by atoms with Gasteiger partial charge in [0.05, 0.1) is 11.3 Å². The molecule has 0 aromatic rings. The van der Waals surface area contributed by atoms with E-state index < -0.39 is 18.0 Å². The predicted molar refractivity (Wildman–Crippen MR) is 73.6 cm³/mol. The number of nitrogens with one attached hydrogen (secondary N) is 1. The Balaban J connectivity index is 2.39. The molecule has 1 aliphatic carbocycles. The molecule has 6 heteroatoms. The Labute approximate surface area is 123 Å². The number of halogens is 4. The van der Waals surface area contributed by atoms with E-state index in [0.717, 1.165) is 6.42 Å². The van der Waals surface area contributed by atoms with Gasteiger partial charge in [0.15, 0.2) is 0 Å². The summed E-state index contributed by atoms with van der Waals surface area (Å²) < 4.78 is 38.0. The summed E-state index contributed by atoms with van der Waals surface area (Å²) in [6, 6.07) is 0. The van der Waals surface area contributed by atoms with Gasteiger partial charge in [0.25, 0.3) is 0 Å². The number of carbonyl (C=O) groups is 1. The van der Waals surface area contributed by atoms with Gasteiger partial charge >= 0.3 is 6.18 Å². The van der Waals surface area contributed by atoms with Crippen LogP contribution in [0, 0.1) is 17.8 Å². The molecule has 0 aromatic carbocycles. The fourth-order valence-electron chi connectivity index (χ4n) is 2.68. The summed E-state index contributed by atoms with van der Waals surface area (Å²) in [5.74, 6) is -1.72. The minimum atomic E-state index is -4.19. The van der Waals surface area contributed by atoms with E-state index in [2.05, 4.69) is 5.32 Å². The Bertz CT molecular complexity index is 320. The highest BCUT2D eigenvalue weighted by molar-refractivity contribution is 6.20. The molecule has 1 saturated carbocycles. The minimum absolute atomic E-state index is 0.0908. The maximum atomic E-state index is 12.7. The highest BCUT2D eigenvalue weighted by atomic mass is 35.5. The summed E-state index contributed by atoms with van der Waals surface area (Å²) in [5, 5.41) is 2.53. The molecule has 3 atom stereocenters. The first kappa shape index (κ1) is 17.6. The third-order valence-electron chi connectivity index (χ3n) is 3.73. The second kappa shape index (κ2) is 7.53. The molecule has 0 spiro atoms. The monoisotopic (exact) mass is 313 g/mol. The number of alkyl halides is 4. The zero-order valence-electron chi connectivity index (χ0n) is 12.0. The van der Waals surface area contributed by atoms with Crippen LogP contribution in [0.3, 0.4) is 0 Å². The molecular formula is C14H23ClF3NO. The lowest BCUT2D eigenvalue weighted by atomic mass is 9.80. The van der Waals surface area contributed by atoms with Gasteiger partial charge in [-0.25, -0.2) is 0 Å². The first-order chi connectivity index (χ1) is 9.20. The number of amides is 1. The van der Waals surface area contributed by atoms with Crippen LogP contribution in [0.15, 0.2) is 0 Å². The normalized spacial score (nSPS) is 25.6. The Hall–Kier alpha value is -0.450. The largest absolute Gasteiger partial charge is 0.391 e. The van der Waals surface area contributed by atoms with Gasteiger partial charge in [-0.2, -0.15) is 13.2 Å². The van der Waals surface area contributed by atoms with Crippen molar-refractivity contribution >= 4 is 17.5 Å². The average Bonchev–Trinajstić information content (AvgIpc) is 2.34. The lowest BCUT2D eigenvalue weighted by Gasteiger charge is -2.30. The van der Waals surface area contributed by atoms with Gasteiger partial charge in [-0.1, -0.05) is 20.3 Å². The molecule has 118 valence electrons. The summed E-state index contributed by atoms with van der Waals surface area (Å²) in [6.07, 6.45) is -2.37. The van der Waals surface area contributed by atoms with Gasteiger partial charge < -0.3 is 5.32 Å². The SMILES string of the molecule is CC(C)CC(Cl)CNC(=O)C1CCCC(C(F)(F)F)C1. The van der Waals surface area contributed by atoms with Crippen LogP contribution in [0.1, 0.15) is 46.0 Å². The summed E-state index contributed by atoms with van der Waals surface area (Å²) >= 11 is 6.07. The summed E-state index contributed by atoms with van der Waals surface area (Å²) in [5.41, 5.74) is 0. The van der Waals surface area contributed by atoms with E-state index in [1.165, 1.54) is 0 Å². The van der Waals surface area contributed by atoms with Crippen molar-refractivity contribution < 1.29 is 18.0 Å². The molecule has 0 heterocycles. The van der Waals surface area contributed by atoms with E-state index in [1.807, 2.05) is 13.8 Å². The van der Waals surface area contributed by atoms with Gasteiger partial charge in [-0.05, 0) is 31.6 Å². The van der Waals surface area contributed by atoms with E-state index >= 15 is 0 Å². The second-order valence-electron chi connectivity index (χ2n) is 6.07. The summed E-state index contributed by atoms with van der Waals surface area (Å²) in [7, 11) is 0.